The molecular weight excluding hydrogens is 337 g/mol. The molecule has 2 heterocycles. The predicted molar refractivity (Wildman–Crippen MR) is 81.1 cm³/mol. The van der Waals surface area contributed by atoms with Crippen LogP contribution in [0.3, 0.4) is 0 Å². The van der Waals surface area contributed by atoms with Crippen LogP contribution in [0, 0.1) is 17.5 Å². The number of nitrogens with zero attached hydrogens (tertiary/aromatic N) is 3. The van der Waals surface area contributed by atoms with Crippen molar-refractivity contribution in [1.29, 1.82) is 0 Å². The van der Waals surface area contributed by atoms with Crippen LogP contribution in [0.25, 0.3) is 0 Å². The van der Waals surface area contributed by atoms with Crippen LogP contribution in [0.5, 0.6) is 0 Å². The van der Waals surface area contributed by atoms with Gasteiger partial charge in [-0.2, -0.15) is 5.10 Å². The lowest BCUT2D eigenvalue weighted by Gasteiger charge is -2.24. The standard InChI is InChI=1S/C16H17F3N4O2/c1-23(7-14-10(2-3-25-14)16-20-8-21-22-16)15(24)5-9-4-12(18)13(19)6-11(9)17/h4,6,8,10,14H,2-3,5,7H2,1H3,(H,20,21,22)/t10-,14-/m1/s1. The smallest absolute Gasteiger partial charge is 0.226 e. The summed E-state index contributed by atoms with van der Waals surface area (Å²) in [6, 6.07) is 1.15. The molecule has 2 atom stereocenters. The van der Waals surface area contributed by atoms with Gasteiger partial charge in [-0.3, -0.25) is 9.89 Å². The molecule has 0 radical (unpaired) electrons. The third-order valence-corrected chi connectivity index (χ3v) is 4.30. The first-order valence-corrected chi connectivity index (χ1v) is 7.80. The van der Waals surface area contributed by atoms with Crippen molar-refractivity contribution in [3.8, 4) is 0 Å². The van der Waals surface area contributed by atoms with E-state index in [0.29, 0.717) is 24.6 Å². The van der Waals surface area contributed by atoms with Crippen LogP contribution < -0.4 is 0 Å². The highest BCUT2D eigenvalue weighted by Gasteiger charge is 2.33. The number of aromatic nitrogens is 3. The molecule has 1 aromatic carbocycles. The fourth-order valence-corrected chi connectivity index (χ4v) is 2.90. The summed E-state index contributed by atoms with van der Waals surface area (Å²) in [4.78, 5) is 17.8. The molecule has 9 heteroatoms. The third-order valence-electron chi connectivity index (χ3n) is 4.30. The summed E-state index contributed by atoms with van der Waals surface area (Å²) in [7, 11) is 1.55. The maximum Gasteiger partial charge on any atom is 0.226 e. The van der Waals surface area contributed by atoms with Crippen LogP contribution in [0.2, 0.25) is 0 Å². The van der Waals surface area contributed by atoms with E-state index in [9.17, 15) is 18.0 Å². The molecule has 2 aromatic rings. The Morgan fingerprint density at radius 2 is 2.08 bits per heavy atom. The number of carbonyl (C=O) groups is 1. The molecule has 1 aliphatic rings. The number of hydrogen-bond donors (Lipinski definition) is 1. The van der Waals surface area contributed by atoms with Crippen LogP contribution in [-0.2, 0) is 16.0 Å². The molecule has 1 fully saturated rings. The second-order valence-corrected chi connectivity index (χ2v) is 5.98. The maximum atomic E-state index is 13.7. The molecule has 1 amide bonds. The van der Waals surface area contributed by atoms with E-state index in [1.807, 2.05) is 0 Å². The van der Waals surface area contributed by atoms with E-state index < -0.39 is 23.4 Å². The maximum absolute atomic E-state index is 13.7. The van der Waals surface area contributed by atoms with E-state index in [0.717, 1.165) is 6.42 Å². The van der Waals surface area contributed by atoms with E-state index in [2.05, 4.69) is 15.2 Å². The molecule has 1 N–H and O–H groups in total. The van der Waals surface area contributed by atoms with Gasteiger partial charge in [-0.15, -0.1) is 0 Å². The van der Waals surface area contributed by atoms with Crippen LogP contribution in [0.4, 0.5) is 13.2 Å². The van der Waals surface area contributed by atoms with Gasteiger partial charge in [-0.1, -0.05) is 0 Å². The van der Waals surface area contributed by atoms with E-state index in [1.54, 1.807) is 7.05 Å². The molecule has 1 aliphatic heterocycles. The van der Waals surface area contributed by atoms with Gasteiger partial charge in [0, 0.05) is 37.7 Å². The summed E-state index contributed by atoms with van der Waals surface area (Å²) in [5, 5.41) is 6.62. The quantitative estimate of drug-likeness (QED) is 0.831. The monoisotopic (exact) mass is 354 g/mol. The molecule has 134 valence electrons. The molecule has 0 bridgehead atoms. The van der Waals surface area contributed by atoms with E-state index in [-0.39, 0.29) is 30.6 Å². The normalized spacial score (nSPS) is 20.0. The van der Waals surface area contributed by atoms with Gasteiger partial charge in [0.2, 0.25) is 5.91 Å². The third kappa shape index (κ3) is 3.81. The van der Waals surface area contributed by atoms with Gasteiger partial charge in [0.05, 0.1) is 12.5 Å². The number of benzene rings is 1. The number of nitrogens with one attached hydrogen (secondary N) is 1. The molecule has 6 nitrogen and oxygen atoms in total. The average molecular weight is 354 g/mol. The van der Waals surface area contributed by atoms with Crippen molar-refractivity contribution < 1.29 is 22.7 Å². The van der Waals surface area contributed by atoms with Crippen molar-refractivity contribution >= 4 is 5.91 Å². The minimum Gasteiger partial charge on any atom is -0.376 e. The zero-order chi connectivity index (χ0) is 18.0. The highest BCUT2D eigenvalue weighted by Crippen LogP contribution is 2.29. The highest BCUT2D eigenvalue weighted by molar-refractivity contribution is 5.78. The lowest BCUT2D eigenvalue weighted by Crippen LogP contribution is -2.37. The number of halogens is 3. The van der Waals surface area contributed by atoms with Gasteiger partial charge >= 0.3 is 0 Å². The molecule has 0 aliphatic carbocycles. The second-order valence-electron chi connectivity index (χ2n) is 5.98. The lowest BCUT2D eigenvalue weighted by molar-refractivity contribution is -0.130. The molecule has 0 unspecified atom stereocenters. The summed E-state index contributed by atoms with van der Waals surface area (Å²) in [5.41, 5.74) is -0.185. The minimum absolute atomic E-state index is 0.0160. The van der Waals surface area contributed by atoms with Crippen molar-refractivity contribution in [3.05, 3.63) is 47.3 Å². The number of carbonyl (C=O) groups excluding carboxylic acids is 1. The molecule has 25 heavy (non-hydrogen) atoms. The Bertz CT molecular complexity index is 754. The minimum atomic E-state index is -1.28. The van der Waals surface area contributed by atoms with E-state index in [1.165, 1.54) is 11.2 Å². The SMILES string of the molecule is CN(C[C@H]1OCC[C@H]1c1ncn[nH]1)C(=O)Cc1cc(F)c(F)cc1F. The molecular formula is C16H17F3N4O2. The molecule has 1 saturated heterocycles. The Kier molecular flexibility index (Phi) is 5.03. The summed E-state index contributed by atoms with van der Waals surface area (Å²) in [5.74, 6) is -3.16. The van der Waals surface area contributed by atoms with Crippen LogP contribution in [0.15, 0.2) is 18.5 Å². The Morgan fingerprint density at radius 1 is 1.32 bits per heavy atom. The summed E-state index contributed by atoms with van der Waals surface area (Å²) in [6.07, 6.45) is 1.53. The molecule has 3 rings (SSSR count). The van der Waals surface area contributed by atoms with Crippen molar-refractivity contribution in [2.75, 3.05) is 20.2 Å². The number of amides is 1. The largest absolute Gasteiger partial charge is 0.376 e. The highest BCUT2D eigenvalue weighted by atomic mass is 19.2. The number of likely N-dealkylation sites (N-methyl/N-ethyl adjacent to an activating group) is 1. The van der Waals surface area contributed by atoms with Crippen molar-refractivity contribution in [3.63, 3.8) is 0 Å². The number of ether oxygens (including phenoxy) is 1. The average Bonchev–Trinajstić information content (AvgIpc) is 3.23. The summed E-state index contributed by atoms with van der Waals surface area (Å²) >= 11 is 0. The van der Waals surface area contributed by atoms with Crippen LogP contribution >= 0.6 is 0 Å². The van der Waals surface area contributed by atoms with E-state index in [4.69, 9.17) is 4.74 Å². The molecule has 0 saturated carbocycles. The Morgan fingerprint density at radius 3 is 2.80 bits per heavy atom. The Labute approximate surface area is 142 Å². The van der Waals surface area contributed by atoms with Crippen molar-refractivity contribution in [1.82, 2.24) is 20.1 Å². The lowest BCUT2D eigenvalue weighted by atomic mass is 10.00. The first kappa shape index (κ1) is 17.4. The predicted octanol–water partition coefficient (Wildman–Crippen LogP) is 1.80. The second kappa shape index (κ2) is 7.22. The zero-order valence-electron chi connectivity index (χ0n) is 13.5. The number of hydrogen-bond acceptors (Lipinski definition) is 4. The molecule has 1 aromatic heterocycles. The van der Waals surface area contributed by atoms with E-state index >= 15 is 0 Å². The van der Waals surface area contributed by atoms with Crippen molar-refractivity contribution in [2.45, 2.75) is 24.9 Å². The van der Waals surface area contributed by atoms with Gasteiger partial charge in [0.15, 0.2) is 11.6 Å². The van der Waals surface area contributed by atoms with Gasteiger partial charge in [0.25, 0.3) is 0 Å². The van der Waals surface area contributed by atoms with Gasteiger partial charge in [-0.05, 0) is 12.5 Å². The first-order chi connectivity index (χ1) is 12.0. The number of H-pyrrole nitrogens is 1. The van der Waals surface area contributed by atoms with Crippen LogP contribution in [0.1, 0.15) is 23.7 Å². The Hall–Kier alpha value is -2.42. The number of rotatable bonds is 5. The first-order valence-electron chi connectivity index (χ1n) is 7.80. The topological polar surface area (TPSA) is 71.1 Å². The van der Waals surface area contributed by atoms with Gasteiger partial charge in [0.1, 0.15) is 18.0 Å². The Balaban J connectivity index is 1.64. The van der Waals surface area contributed by atoms with Crippen LogP contribution in [-0.4, -0.2) is 52.3 Å². The molecule has 0 spiro atoms. The fourth-order valence-electron chi connectivity index (χ4n) is 2.90. The van der Waals surface area contributed by atoms with Gasteiger partial charge in [-0.25, -0.2) is 18.2 Å². The fraction of sp³-hybridized carbons (Fsp3) is 0.438. The summed E-state index contributed by atoms with van der Waals surface area (Å²) in [6.45, 7) is 0.811. The van der Waals surface area contributed by atoms with Crippen molar-refractivity contribution in [2.24, 2.45) is 0 Å². The summed E-state index contributed by atoms with van der Waals surface area (Å²) < 4.78 is 45.5. The zero-order valence-corrected chi connectivity index (χ0v) is 13.5. The van der Waals surface area contributed by atoms with Gasteiger partial charge < -0.3 is 9.64 Å². The number of aromatic amines is 1.